The molecule has 1 atom stereocenters. The van der Waals surface area contributed by atoms with E-state index in [1.54, 1.807) is 0 Å². The molecule has 1 unspecified atom stereocenters. The van der Waals surface area contributed by atoms with Crippen LogP contribution in [0.2, 0.25) is 0 Å². The number of carbonyl (C=O) groups excluding carboxylic acids is 2. The van der Waals surface area contributed by atoms with Crippen molar-refractivity contribution in [3.05, 3.63) is 28.2 Å². The lowest BCUT2D eigenvalue weighted by atomic mass is 10.2. The number of rotatable bonds is 3. The number of benzene rings is 1. The van der Waals surface area contributed by atoms with Crippen molar-refractivity contribution in [3.8, 4) is 0 Å². The number of halogens is 1. The number of urea groups is 1. The highest BCUT2D eigenvalue weighted by atomic mass is 79.9. The van der Waals surface area contributed by atoms with Gasteiger partial charge < -0.3 is 21.1 Å². The van der Waals surface area contributed by atoms with Gasteiger partial charge in [-0.15, -0.1) is 0 Å². The van der Waals surface area contributed by atoms with Crippen LogP contribution in [0.4, 0.5) is 10.5 Å². The molecule has 1 aliphatic rings. The number of hydrogen-bond donors (Lipinski definition) is 3. The summed E-state index contributed by atoms with van der Waals surface area (Å²) in [5.74, 6) is -1.63. The SMILES string of the molecule is NC(=O)C1CCCN1C(=O)Nc1cc(C(=O)O)ccc1Br. The van der Waals surface area contributed by atoms with Crippen LogP contribution in [0.15, 0.2) is 22.7 Å². The third-order valence-corrected chi connectivity index (χ3v) is 3.99. The van der Waals surface area contributed by atoms with Crippen molar-refractivity contribution >= 4 is 39.5 Å². The zero-order valence-electron chi connectivity index (χ0n) is 11.0. The fourth-order valence-electron chi connectivity index (χ4n) is 2.25. The number of carbonyl (C=O) groups is 3. The molecule has 2 rings (SSSR count). The molecule has 7 nitrogen and oxygen atoms in total. The molecule has 4 N–H and O–H groups in total. The summed E-state index contributed by atoms with van der Waals surface area (Å²) in [4.78, 5) is 35.8. The van der Waals surface area contributed by atoms with Gasteiger partial charge in [0.05, 0.1) is 11.3 Å². The largest absolute Gasteiger partial charge is 0.478 e. The Labute approximate surface area is 129 Å². The van der Waals surface area contributed by atoms with Gasteiger partial charge in [0.25, 0.3) is 0 Å². The molecule has 0 bridgehead atoms. The highest BCUT2D eigenvalue weighted by Crippen LogP contribution is 2.25. The predicted octanol–water partition coefficient (Wildman–Crippen LogP) is 1.63. The van der Waals surface area contributed by atoms with Crippen LogP contribution in [0.5, 0.6) is 0 Å². The number of nitrogens with two attached hydrogens (primary N) is 1. The van der Waals surface area contributed by atoms with Crippen LogP contribution in [-0.4, -0.2) is 40.5 Å². The first kappa shape index (κ1) is 15.3. The monoisotopic (exact) mass is 355 g/mol. The van der Waals surface area contributed by atoms with E-state index in [-0.39, 0.29) is 5.56 Å². The van der Waals surface area contributed by atoms with Crippen LogP contribution >= 0.6 is 15.9 Å². The summed E-state index contributed by atoms with van der Waals surface area (Å²) >= 11 is 3.24. The van der Waals surface area contributed by atoms with Crippen LogP contribution in [0, 0.1) is 0 Å². The number of likely N-dealkylation sites (tertiary alicyclic amines) is 1. The van der Waals surface area contributed by atoms with E-state index in [2.05, 4.69) is 21.2 Å². The lowest BCUT2D eigenvalue weighted by molar-refractivity contribution is -0.121. The maximum absolute atomic E-state index is 12.2. The molecule has 0 spiro atoms. The van der Waals surface area contributed by atoms with E-state index >= 15 is 0 Å². The molecular weight excluding hydrogens is 342 g/mol. The molecule has 1 aromatic carbocycles. The number of aromatic carboxylic acids is 1. The molecule has 1 aromatic rings. The van der Waals surface area contributed by atoms with Gasteiger partial charge in [0.2, 0.25) is 5.91 Å². The summed E-state index contributed by atoms with van der Waals surface area (Å²) in [6, 6.07) is 3.21. The second kappa shape index (κ2) is 6.13. The van der Waals surface area contributed by atoms with E-state index in [9.17, 15) is 14.4 Å². The van der Waals surface area contributed by atoms with Crippen LogP contribution in [0.3, 0.4) is 0 Å². The van der Waals surface area contributed by atoms with Crippen LogP contribution in [0.1, 0.15) is 23.2 Å². The Morgan fingerprint density at radius 3 is 2.71 bits per heavy atom. The zero-order chi connectivity index (χ0) is 15.6. The third-order valence-electron chi connectivity index (χ3n) is 3.30. The summed E-state index contributed by atoms with van der Waals surface area (Å²) in [5, 5.41) is 11.6. The molecular formula is C13H14BrN3O4. The number of hydrogen-bond acceptors (Lipinski definition) is 3. The normalized spacial score (nSPS) is 17.6. The average molecular weight is 356 g/mol. The summed E-state index contributed by atoms with van der Waals surface area (Å²) in [6.07, 6.45) is 1.25. The Bertz CT molecular complexity index is 605. The van der Waals surface area contributed by atoms with Crippen LogP contribution in [-0.2, 0) is 4.79 Å². The second-order valence-corrected chi connectivity index (χ2v) is 5.54. The number of nitrogens with one attached hydrogen (secondary N) is 1. The molecule has 8 heteroatoms. The predicted molar refractivity (Wildman–Crippen MR) is 79.0 cm³/mol. The Balaban J connectivity index is 2.18. The van der Waals surface area contributed by atoms with E-state index in [4.69, 9.17) is 10.8 Å². The Hall–Kier alpha value is -2.09. The highest BCUT2D eigenvalue weighted by molar-refractivity contribution is 9.10. The van der Waals surface area contributed by atoms with Gasteiger partial charge in [-0.3, -0.25) is 4.79 Å². The van der Waals surface area contributed by atoms with Gasteiger partial charge in [-0.05, 0) is 47.0 Å². The molecule has 21 heavy (non-hydrogen) atoms. The maximum Gasteiger partial charge on any atom is 0.335 e. The third kappa shape index (κ3) is 3.33. The van der Waals surface area contributed by atoms with E-state index in [0.717, 1.165) is 0 Å². The van der Waals surface area contributed by atoms with Gasteiger partial charge >= 0.3 is 12.0 Å². The summed E-state index contributed by atoms with van der Waals surface area (Å²) in [6.45, 7) is 0.440. The number of nitrogens with zero attached hydrogens (tertiary/aromatic N) is 1. The number of carboxylic acids is 1. The van der Waals surface area contributed by atoms with Crippen LogP contribution in [0.25, 0.3) is 0 Å². The summed E-state index contributed by atoms with van der Waals surface area (Å²) < 4.78 is 0.552. The van der Waals surface area contributed by atoms with Crippen molar-refractivity contribution in [2.75, 3.05) is 11.9 Å². The quantitative estimate of drug-likeness (QED) is 0.764. The molecule has 0 aliphatic carbocycles. The minimum atomic E-state index is -1.09. The molecule has 0 aromatic heterocycles. The van der Waals surface area contributed by atoms with Crippen molar-refractivity contribution in [1.29, 1.82) is 0 Å². The van der Waals surface area contributed by atoms with Crippen molar-refractivity contribution in [1.82, 2.24) is 4.90 Å². The van der Waals surface area contributed by atoms with E-state index in [1.807, 2.05) is 0 Å². The van der Waals surface area contributed by atoms with E-state index < -0.39 is 23.9 Å². The minimum absolute atomic E-state index is 0.0568. The molecule has 3 amide bonds. The first-order chi connectivity index (χ1) is 9.90. The van der Waals surface area contributed by atoms with Gasteiger partial charge in [0, 0.05) is 11.0 Å². The molecule has 1 aliphatic heterocycles. The lowest BCUT2D eigenvalue weighted by Crippen LogP contribution is -2.45. The molecule has 112 valence electrons. The average Bonchev–Trinajstić information content (AvgIpc) is 2.90. The number of amides is 3. The fourth-order valence-corrected chi connectivity index (χ4v) is 2.59. The molecule has 1 fully saturated rings. The maximum atomic E-state index is 12.2. The van der Waals surface area contributed by atoms with Gasteiger partial charge in [-0.1, -0.05) is 0 Å². The van der Waals surface area contributed by atoms with E-state index in [0.29, 0.717) is 29.5 Å². The Kier molecular flexibility index (Phi) is 4.46. The smallest absolute Gasteiger partial charge is 0.335 e. The number of primary amides is 1. The summed E-state index contributed by atoms with van der Waals surface area (Å²) in [5.41, 5.74) is 5.65. The van der Waals surface area contributed by atoms with Crippen molar-refractivity contribution in [2.24, 2.45) is 5.73 Å². The summed E-state index contributed by atoms with van der Waals surface area (Å²) in [7, 11) is 0. The first-order valence-electron chi connectivity index (χ1n) is 6.30. The number of anilines is 1. The molecule has 0 saturated carbocycles. The van der Waals surface area contributed by atoms with Gasteiger partial charge in [-0.25, -0.2) is 9.59 Å². The van der Waals surface area contributed by atoms with E-state index in [1.165, 1.54) is 23.1 Å². The van der Waals surface area contributed by atoms with Crippen LogP contribution < -0.4 is 11.1 Å². The second-order valence-electron chi connectivity index (χ2n) is 4.68. The number of carboxylic acid groups (broad SMARTS) is 1. The Morgan fingerprint density at radius 1 is 1.38 bits per heavy atom. The highest BCUT2D eigenvalue weighted by Gasteiger charge is 2.32. The topological polar surface area (TPSA) is 113 Å². The van der Waals surface area contributed by atoms with Crippen molar-refractivity contribution < 1.29 is 19.5 Å². The Morgan fingerprint density at radius 2 is 2.10 bits per heavy atom. The lowest BCUT2D eigenvalue weighted by Gasteiger charge is -2.23. The molecule has 1 heterocycles. The van der Waals surface area contributed by atoms with Gasteiger partial charge in [0.1, 0.15) is 6.04 Å². The van der Waals surface area contributed by atoms with Gasteiger partial charge in [0.15, 0.2) is 0 Å². The van der Waals surface area contributed by atoms with Gasteiger partial charge in [-0.2, -0.15) is 0 Å². The molecule has 0 radical (unpaired) electrons. The molecule has 1 saturated heterocycles. The van der Waals surface area contributed by atoms with Crippen molar-refractivity contribution in [2.45, 2.75) is 18.9 Å². The fraction of sp³-hybridized carbons (Fsp3) is 0.308. The zero-order valence-corrected chi connectivity index (χ0v) is 12.6. The standard InChI is InChI=1S/C13H14BrN3O4/c14-8-4-3-7(12(19)20)6-9(8)16-13(21)17-5-1-2-10(17)11(15)18/h3-4,6,10H,1-2,5H2,(H2,15,18)(H,16,21)(H,19,20). The first-order valence-corrected chi connectivity index (χ1v) is 7.09. The van der Waals surface area contributed by atoms with Crippen molar-refractivity contribution in [3.63, 3.8) is 0 Å². The minimum Gasteiger partial charge on any atom is -0.478 e.